The number of nitrogens with zero attached hydrogens (tertiary/aromatic N) is 2. The molecule has 7 nitrogen and oxygen atoms in total. The number of pyridine rings is 1. The number of carbonyl (C=O) groups is 1. The van der Waals surface area contributed by atoms with E-state index in [9.17, 15) is 15.0 Å². The molecule has 3 aromatic rings. The molecule has 0 spiro atoms. The molecule has 0 saturated heterocycles. The molecule has 1 aliphatic rings. The minimum Gasteiger partial charge on any atom is -0.449 e. The van der Waals surface area contributed by atoms with Crippen LogP contribution in [-0.4, -0.2) is 40.5 Å². The van der Waals surface area contributed by atoms with Crippen LogP contribution in [0.1, 0.15) is 34.4 Å². The van der Waals surface area contributed by atoms with Crippen molar-refractivity contribution in [2.75, 3.05) is 13.2 Å². The van der Waals surface area contributed by atoms with Gasteiger partial charge in [0.25, 0.3) is 0 Å². The molecule has 0 radical (unpaired) electrons. The molecule has 31 heavy (non-hydrogen) atoms. The van der Waals surface area contributed by atoms with Gasteiger partial charge in [0.1, 0.15) is 18.8 Å². The Bertz CT molecular complexity index is 1100. The largest absolute Gasteiger partial charge is 0.449 e. The number of aliphatic hydroxyl groups is 2. The Morgan fingerprint density at radius 1 is 1.10 bits per heavy atom. The lowest BCUT2D eigenvalue weighted by Crippen LogP contribution is -2.36. The maximum absolute atomic E-state index is 12.2. The normalized spacial score (nSPS) is 14.1. The molecule has 156 valence electrons. The van der Waals surface area contributed by atoms with Crippen LogP contribution in [0.25, 0.3) is 11.1 Å². The lowest BCUT2D eigenvalue weighted by molar-refractivity contribution is 0.0160. The van der Waals surface area contributed by atoms with E-state index < -0.39 is 18.3 Å². The van der Waals surface area contributed by atoms with E-state index in [0.717, 1.165) is 22.3 Å². The molecule has 0 saturated carbocycles. The van der Waals surface area contributed by atoms with E-state index in [2.05, 4.69) is 22.4 Å². The number of hydrogen-bond acceptors (Lipinski definition) is 6. The van der Waals surface area contributed by atoms with Crippen molar-refractivity contribution in [1.29, 1.82) is 5.26 Å². The fraction of sp³-hybridized carbons (Fsp3) is 0.208. The van der Waals surface area contributed by atoms with Gasteiger partial charge in [-0.2, -0.15) is 5.26 Å². The van der Waals surface area contributed by atoms with Gasteiger partial charge in [0.05, 0.1) is 17.3 Å². The predicted octanol–water partition coefficient (Wildman–Crippen LogP) is 2.89. The molecule has 1 heterocycles. The maximum Gasteiger partial charge on any atom is 0.407 e. The van der Waals surface area contributed by atoms with Crippen molar-refractivity contribution in [2.45, 2.75) is 18.1 Å². The molecular formula is C24H21N3O4. The number of hydrogen-bond donors (Lipinski definition) is 3. The number of ether oxygens (including phenoxy) is 1. The summed E-state index contributed by atoms with van der Waals surface area (Å²) in [4.78, 5) is 16.2. The van der Waals surface area contributed by atoms with E-state index in [-0.39, 0.29) is 24.8 Å². The van der Waals surface area contributed by atoms with Gasteiger partial charge in [-0.25, -0.2) is 4.79 Å². The van der Waals surface area contributed by atoms with Crippen molar-refractivity contribution in [2.24, 2.45) is 0 Å². The third-order valence-electron chi connectivity index (χ3n) is 5.38. The molecule has 4 rings (SSSR count). The number of carbonyl (C=O) groups excluding carboxylic acids is 1. The first-order valence-electron chi connectivity index (χ1n) is 9.89. The number of alkyl carbamates (subject to hydrolysis) is 1. The number of nitriles is 1. The van der Waals surface area contributed by atoms with Crippen molar-refractivity contribution < 1.29 is 19.7 Å². The molecule has 1 aromatic heterocycles. The minimum absolute atomic E-state index is 0.0633. The van der Waals surface area contributed by atoms with Crippen molar-refractivity contribution in [1.82, 2.24) is 10.3 Å². The van der Waals surface area contributed by atoms with Crippen LogP contribution < -0.4 is 5.32 Å². The van der Waals surface area contributed by atoms with Gasteiger partial charge in [-0.3, -0.25) is 4.98 Å². The van der Waals surface area contributed by atoms with Gasteiger partial charge in [-0.15, -0.1) is 0 Å². The molecule has 1 amide bonds. The average molecular weight is 415 g/mol. The second-order valence-corrected chi connectivity index (χ2v) is 7.30. The van der Waals surface area contributed by atoms with E-state index in [0.29, 0.717) is 5.56 Å². The minimum atomic E-state index is -1.35. The summed E-state index contributed by atoms with van der Waals surface area (Å²) in [7, 11) is 0. The summed E-state index contributed by atoms with van der Waals surface area (Å²) in [5, 5.41) is 31.8. The fourth-order valence-electron chi connectivity index (χ4n) is 3.83. The summed E-state index contributed by atoms with van der Waals surface area (Å²) >= 11 is 0. The Hall–Kier alpha value is -3.73. The topological polar surface area (TPSA) is 115 Å². The van der Waals surface area contributed by atoms with Crippen molar-refractivity contribution in [3.05, 3.63) is 89.2 Å². The van der Waals surface area contributed by atoms with Gasteiger partial charge in [-0.05, 0) is 34.4 Å². The van der Waals surface area contributed by atoms with Gasteiger partial charge in [0, 0.05) is 18.7 Å². The zero-order chi connectivity index (χ0) is 21.8. The molecular weight excluding hydrogens is 394 g/mol. The Labute approximate surface area is 179 Å². The molecule has 0 aliphatic heterocycles. The molecule has 7 heteroatoms. The number of aliphatic hydroxyl groups excluding tert-OH is 2. The fourth-order valence-corrected chi connectivity index (χ4v) is 3.83. The predicted molar refractivity (Wildman–Crippen MR) is 113 cm³/mol. The SMILES string of the molecule is N#Cc1ccnc(C(O)C(O)CNC(=O)OCC2c3ccccc3-c3ccccc32)c1. The van der Waals surface area contributed by atoms with Gasteiger partial charge >= 0.3 is 6.09 Å². The maximum atomic E-state index is 12.2. The summed E-state index contributed by atoms with van der Waals surface area (Å²) in [6, 6.07) is 20.9. The van der Waals surface area contributed by atoms with Gasteiger partial charge in [0.2, 0.25) is 0 Å². The summed E-state index contributed by atoms with van der Waals surface area (Å²) in [6.07, 6.45) is -1.96. The van der Waals surface area contributed by atoms with Crippen molar-refractivity contribution >= 4 is 6.09 Å². The number of benzene rings is 2. The molecule has 2 unspecified atom stereocenters. The number of amides is 1. The van der Waals surface area contributed by atoms with E-state index in [1.54, 1.807) is 0 Å². The second kappa shape index (κ2) is 8.96. The van der Waals surface area contributed by atoms with Gasteiger partial charge in [-0.1, -0.05) is 48.5 Å². The molecule has 3 N–H and O–H groups in total. The first-order chi connectivity index (χ1) is 15.1. The third-order valence-corrected chi connectivity index (χ3v) is 5.38. The van der Waals surface area contributed by atoms with E-state index >= 15 is 0 Å². The molecule has 0 bridgehead atoms. The van der Waals surface area contributed by atoms with E-state index in [1.165, 1.54) is 18.3 Å². The van der Waals surface area contributed by atoms with Crippen LogP contribution >= 0.6 is 0 Å². The zero-order valence-electron chi connectivity index (χ0n) is 16.6. The van der Waals surface area contributed by atoms with Crippen LogP contribution in [0, 0.1) is 11.3 Å². The van der Waals surface area contributed by atoms with Crippen LogP contribution in [0.3, 0.4) is 0 Å². The van der Waals surface area contributed by atoms with Crippen LogP contribution in [0.5, 0.6) is 0 Å². The molecule has 2 aromatic carbocycles. The summed E-state index contributed by atoms with van der Waals surface area (Å²) < 4.78 is 5.41. The quantitative estimate of drug-likeness (QED) is 0.570. The van der Waals surface area contributed by atoms with Crippen molar-refractivity contribution in [3.8, 4) is 17.2 Å². The highest BCUT2D eigenvalue weighted by molar-refractivity contribution is 5.79. The Morgan fingerprint density at radius 2 is 1.74 bits per heavy atom. The average Bonchev–Trinajstić information content (AvgIpc) is 3.14. The van der Waals surface area contributed by atoms with Gasteiger partial charge in [0.15, 0.2) is 0 Å². The Balaban J connectivity index is 1.34. The van der Waals surface area contributed by atoms with Gasteiger partial charge < -0.3 is 20.3 Å². The first-order valence-corrected chi connectivity index (χ1v) is 9.89. The highest BCUT2D eigenvalue weighted by atomic mass is 16.5. The summed E-state index contributed by atoms with van der Waals surface area (Å²) in [5.41, 5.74) is 4.96. The number of rotatable bonds is 6. The second-order valence-electron chi connectivity index (χ2n) is 7.30. The van der Waals surface area contributed by atoms with E-state index in [1.807, 2.05) is 42.5 Å². The highest BCUT2D eigenvalue weighted by Crippen LogP contribution is 2.44. The zero-order valence-corrected chi connectivity index (χ0v) is 16.6. The smallest absolute Gasteiger partial charge is 0.407 e. The lowest BCUT2D eigenvalue weighted by atomic mass is 9.98. The standard InChI is InChI=1S/C24H21N3O4/c25-12-15-9-10-26-21(11-15)23(29)22(28)13-27-24(30)31-14-20-18-7-3-1-5-16(18)17-6-2-4-8-19(17)20/h1-11,20,22-23,28-29H,13-14H2,(H,27,30). The molecule has 0 fully saturated rings. The summed E-state index contributed by atoms with van der Waals surface area (Å²) in [6.45, 7) is -0.0689. The monoisotopic (exact) mass is 415 g/mol. The number of fused-ring (bicyclic) bond motifs is 3. The van der Waals surface area contributed by atoms with Crippen molar-refractivity contribution in [3.63, 3.8) is 0 Å². The third kappa shape index (κ3) is 4.26. The lowest BCUT2D eigenvalue weighted by Gasteiger charge is -2.19. The highest BCUT2D eigenvalue weighted by Gasteiger charge is 2.29. The first kappa shape index (κ1) is 20.5. The van der Waals surface area contributed by atoms with E-state index in [4.69, 9.17) is 10.00 Å². The Kier molecular flexibility index (Phi) is 5.94. The van der Waals surface area contributed by atoms with Crippen LogP contribution in [0.2, 0.25) is 0 Å². The number of aromatic nitrogens is 1. The summed E-state index contributed by atoms with van der Waals surface area (Å²) in [5.74, 6) is -0.0633. The molecule has 2 atom stereocenters. The van der Waals surface area contributed by atoms with Crippen LogP contribution in [-0.2, 0) is 4.74 Å². The molecule has 1 aliphatic carbocycles. The van der Waals surface area contributed by atoms with Crippen LogP contribution in [0.15, 0.2) is 66.9 Å². The Morgan fingerprint density at radius 3 is 2.39 bits per heavy atom. The number of nitrogens with one attached hydrogen (secondary N) is 1. The van der Waals surface area contributed by atoms with Crippen LogP contribution in [0.4, 0.5) is 4.79 Å².